The molecule has 0 amide bonds. The zero-order chi connectivity index (χ0) is 11.2. The van der Waals surface area contributed by atoms with E-state index in [4.69, 9.17) is 12.2 Å². The maximum Gasteiger partial charge on any atom is 0.171 e. The van der Waals surface area contributed by atoms with Crippen molar-refractivity contribution in [3.63, 3.8) is 0 Å². The van der Waals surface area contributed by atoms with E-state index in [2.05, 4.69) is 25.8 Å². The highest BCUT2D eigenvalue weighted by molar-refractivity contribution is 7.80. The van der Waals surface area contributed by atoms with Crippen molar-refractivity contribution in [1.82, 2.24) is 20.5 Å². The van der Waals surface area contributed by atoms with Crippen molar-refractivity contribution in [1.29, 1.82) is 0 Å². The van der Waals surface area contributed by atoms with Gasteiger partial charge in [0.05, 0.1) is 6.54 Å². The molecule has 0 aliphatic heterocycles. The Morgan fingerprint density at radius 3 is 2.81 bits per heavy atom. The monoisotopic (exact) mass is 233 g/mol. The van der Waals surface area contributed by atoms with Crippen molar-refractivity contribution in [3.8, 4) is 0 Å². The van der Waals surface area contributed by atoms with Gasteiger partial charge in [-0.2, -0.15) is 5.10 Å². The molecule has 0 aliphatic rings. The zero-order valence-corrected chi connectivity index (χ0v) is 9.29. The molecule has 6 heteroatoms. The number of hydrogen-bond acceptors (Lipinski definition) is 3. The van der Waals surface area contributed by atoms with E-state index in [1.54, 1.807) is 0 Å². The summed E-state index contributed by atoms with van der Waals surface area (Å²) in [7, 11) is 0. The molecule has 0 atom stereocenters. The molecular formula is C10H11N5S. The summed E-state index contributed by atoms with van der Waals surface area (Å²) in [6.45, 7) is 0.526. The van der Waals surface area contributed by atoms with Crippen molar-refractivity contribution in [3.05, 3.63) is 42.5 Å². The number of para-hydroxylation sites is 1. The van der Waals surface area contributed by atoms with Crippen LogP contribution in [-0.4, -0.2) is 20.3 Å². The molecule has 0 saturated heterocycles. The fraction of sp³-hybridized carbons (Fsp3) is 0.100. The number of nitrogens with one attached hydrogen (secondary N) is 3. The van der Waals surface area contributed by atoms with Gasteiger partial charge in [-0.1, -0.05) is 18.2 Å². The third-order valence-corrected chi connectivity index (χ3v) is 2.16. The molecule has 82 valence electrons. The summed E-state index contributed by atoms with van der Waals surface area (Å²) in [6, 6.07) is 9.74. The topological polar surface area (TPSA) is 65.6 Å². The lowest BCUT2D eigenvalue weighted by Gasteiger charge is -2.08. The second kappa shape index (κ2) is 5.22. The van der Waals surface area contributed by atoms with Crippen LogP contribution in [0.1, 0.15) is 5.82 Å². The summed E-state index contributed by atoms with van der Waals surface area (Å²) >= 11 is 5.12. The second-order valence-electron chi connectivity index (χ2n) is 3.11. The average molecular weight is 233 g/mol. The molecule has 0 spiro atoms. The van der Waals surface area contributed by atoms with Gasteiger partial charge in [0.25, 0.3) is 0 Å². The van der Waals surface area contributed by atoms with Crippen molar-refractivity contribution in [2.24, 2.45) is 0 Å². The van der Waals surface area contributed by atoms with E-state index in [9.17, 15) is 0 Å². The van der Waals surface area contributed by atoms with Gasteiger partial charge >= 0.3 is 0 Å². The molecule has 1 aromatic heterocycles. The fourth-order valence-corrected chi connectivity index (χ4v) is 1.37. The van der Waals surface area contributed by atoms with E-state index in [0.29, 0.717) is 11.7 Å². The number of aromatic amines is 1. The first-order valence-electron chi connectivity index (χ1n) is 4.79. The van der Waals surface area contributed by atoms with Crippen molar-refractivity contribution in [2.45, 2.75) is 6.54 Å². The Labute approximate surface area is 98.3 Å². The van der Waals surface area contributed by atoms with E-state index >= 15 is 0 Å². The predicted molar refractivity (Wildman–Crippen MR) is 65.9 cm³/mol. The Bertz CT molecular complexity index is 439. The van der Waals surface area contributed by atoms with Crippen LogP contribution in [0.5, 0.6) is 0 Å². The highest BCUT2D eigenvalue weighted by Crippen LogP contribution is 2.04. The molecule has 0 fully saturated rings. The summed E-state index contributed by atoms with van der Waals surface area (Å²) in [6.07, 6.45) is 1.46. The minimum Gasteiger partial charge on any atom is -0.355 e. The number of rotatable bonds is 3. The molecule has 0 unspecified atom stereocenters. The molecule has 0 saturated carbocycles. The highest BCUT2D eigenvalue weighted by Gasteiger charge is 1.98. The van der Waals surface area contributed by atoms with Crippen LogP contribution >= 0.6 is 12.2 Å². The quantitative estimate of drug-likeness (QED) is 0.697. The largest absolute Gasteiger partial charge is 0.355 e. The minimum absolute atomic E-state index is 0.526. The van der Waals surface area contributed by atoms with E-state index in [1.165, 1.54) is 6.33 Å². The predicted octanol–water partition coefficient (Wildman–Crippen LogP) is 1.29. The smallest absolute Gasteiger partial charge is 0.171 e. The summed E-state index contributed by atoms with van der Waals surface area (Å²) in [5.74, 6) is 0.747. The van der Waals surface area contributed by atoms with Gasteiger partial charge in [-0.25, -0.2) is 4.98 Å². The van der Waals surface area contributed by atoms with Crippen LogP contribution in [0.2, 0.25) is 0 Å². The molecule has 2 rings (SSSR count). The standard InChI is InChI=1S/C10H11N5S/c16-10(11-6-9-12-7-13-15-9)14-8-4-2-1-3-5-8/h1-5,7H,6H2,(H2,11,14,16)(H,12,13,15). The van der Waals surface area contributed by atoms with Crippen molar-refractivity contribution < 1.29 is 0 Å². The highest BCUT2D eigenvalue weighted by atomic mass is 32.1. The first-order chi connectivity index (χ1) is 7.84. The zero-order valence-electron chi connectivity index (χ0n) is 8.47. The Morgan fingerprint density at radius 2 is 2.12 bits per heavy atom. The lowest BCUT2D eigenvalue weighted by Crippen LogP contribution is -2.28. The van der Waals surface area contributed by atoms with E-state index < -0.39 is 0 Å². The maximum absolute atomic E-state index is 5.12. The van der Waals surface area contributed by atoms with Crippen LogP contribution in [0.3, 0.4) is 0 Å². The lowest BCUT2D eigenvalue weighted by molar-refractivity contribution is 0.837. The Hall–Kier alpha value is -1.95. The maximum atomic E-state index is 5.12. The summed E-state index contributed by atoms with van der Waals surface area (Å²) in [5, 5.41) is 13.1. The van der Waals surface area contributed by atoms with Crippen LogP contribution in [0.25, 0.3) is 0 Å². The lowest BCUT2D eigenvalue weighted by atomic mass is 10.3. The van der Waals surface area contributed by atoms with Gasteiger partial charge in [0, 0.05) is 5.69 Å². The molecule has 0 aliphatic carbocycles. The number of hydrogen-bond donors (Lipinski definition) is 3. The van der Waals surface area contributed by atoms with Crippen LogP contribution in [0.4, 0.5) is 5.69 Å². The third-order valence-electron chi connectivity index (χ3n) is 1.91. The van der Waals surface area contributed by atoms with E-state index in [1.807, 2.05) is 30.3 Å². The molecule has 1 aromatic carbocycles. The fourth-order valence-electron chi connectivity index (χ4n) is 1.18. The van der Waals surface area contributed by atoms with Gasteiger partial charge < -0.3 is 10.6 Å². The van der Waals surface area contributed by atoms with Crippen LogP contribution in [0, 0.1) is 0 Å². The number of aromatic nitrogens is 3. The first-order valence-corrected chi connectivity index (χ1v) is 5.19. The van der Waals surface area contributed by atoms with E-state index in [-0.39, 0.29) is 0 Å². The molecule has 3 N–H and O–H groups in total. The summed E-state index contributed by atoms with van der Waals surface area (Å²) in [5.41, 5.74) is 0.956. The number of benzene rings is 1. The van der Waals surface area contributed by atoms with Crippen molar-refractivity contribution in [2.75, 3.05) is 5.32 Å². The summed E-state index contributed by atoms with van der Waals surface area (Å²) in [4.78, 5) is 3.98. The first kappa shape index (κ1) is 10.6. The van der Waals surface area contributed by atoms with Gasteiger partial charge in [0.1, 0.15) is 12.2 Å². The molecule has 16 heavy (non-hydrogen) atoms. The SMILES string of the molecule is S=C(NCc1ncn[nH]1)Nc1ccccc1. The average Bonchev–Trinajstić information content (AvgIpc) is 2.81. The van der Waals surface area contributed by atoms with Crippen LogP contribution in [0.15, 0.2) is 36.7 Å². The second-order valence-corrected chi connectivity index (χ2v) is 3.51. The molecule has 0 radical (unpaired) electrons. The molecule has 0 bridgehead atoms. The number of nitrogens with zero attached hydrogens (tertiary/aromatic N) is 2. The Kier molecular flexibility index (Phi) is 3.45. The number of H-pyrrole nitrogens is 1. The number of anilines is 1. The summed E-state index contributed by atoms with van der Waals surface area (Å²) < 4.78 is 0. The van der Waals surface area contributed by atoms with Gasteiger partial charge in [-0.15, -0.1) is 0 Å². The molecule has 1 heterocycles. The minimum atomic E-state index is 0.526. The third kappa shape index (κ3) is 3.03. The molecular weight excluding hydrogens is 222 g/mol. The van der Waals surface area contributed by atoms with Gasteiger partial charge in [0.15, 0.2) is 5.11 Å². The van der Waals surface area contributed by atoms with Crippen LogP contribution in [-0.2, 0) is 6.54 Å². The molecule has 5 nitrogen and oxygen atoms in total. The van der Waals surface area contributed by atoms with Gasteiger partial charge in [0.2, 0.25) is 0 Å². The Morgan fingerprint density at radius 1 is 1.31 bits per heavy atom. The molecule has 2 aromatic rings. The van der Waals surface area contributed by atoms with E-state index in [0.717, 1.165) is 11.5 Å². The Balaban J connectivity index is 1.81. The van der Waals surface area contributed by atoms with Crippen molar-refractivity contribution >= 4 is 23.0 Å². The van der Waals surface area contributed by atoms with Crippen LogP contribution < -0.4 is 10.6 Å². The van der Waals surface area contributed by atoms with Gasteiger partial charge in [-0.3, -0.25) is 5.10 Å². The van der Waals surface area contributed by atoms with Gasteiger partial charge in [-0.05, 0) is 24.4 Å². The normalized spacial score (nSPS) is 9.75. The number of thiocarbonyl (C=S) groups is 1.